The molecule has 0 spiro atoms. The number of benzene rings is 1. The number of aromatic hydroxyl groups is 2. The molecule has 6 heteroatoms. The van der Waals surface area contributed by atoms with E-state index in [1.54, 1.807) is 6.07 Å². The summed E-state index contributed by atoms with van der Waals surface area (Å²) in [4.78, 5) is 22.0. The van der Waals surface area contributed by atoms with E-state index in [0.717, 1.165) is 0 Å². The van der Waals surface area contributed by atoms with Crippen molar-refractivity contribution in [1.29, 1.82) is 0 Å². The monoisotopic (exact) mass is 268 g/mol. The van der Waals surface area contributed by atoms with Crippen molar-refractivity contribution in [3.8, 4) is 11.5 Å². The highest BCUT2D eigenvalue weighted by Gasteiger charge is 2.15. The van der Waals surface area contributed by atoms with E-state index in [0.29, 0.717) is 12.0 Å². The molecule has 0 saturated carbocycles. The average Bonchev–Trinajstić information content (AvgIpc) is 2.33. The van der Waals surface area contributed by atoms with Crippen molar-refractivity contribution in [1.82, 2.24) is 0 Å². The highest BCUT2D eigenvalue weighted by atomic mass is 16.5. The van der Waals surface area contributed by atoms with Gasteiger partial charge in [-0.05, 0) is 24.6 Å². The second-order valence-electron chi connectivity index (χ2n) is 4.12. The van der Waals surface area contributed by atoms with Crippen LogP contribution >= 0.6 is 0 Å². The van der Waals surface area contributed by atoms with Gasteiger partial charge in [0.2, 0.25) is 0 Å². The first-order valence-corrected chi connectivity index (χ1v) is 5.75. The van der Waals surface area contributed by atoms with Gasteiger partial charge in [-0.3, -0.25) is 9.59 Å². The Bertz CT molecular complexity index is 468. The number of carbonyl (C=O) groups excluding carboxylic acids is 2. The summed E-state index contributed by atoms with van der Waals surface area (Å²) in [5.41, 5.74) is 0.690. The van der Waals surface area contributed by atoms with E-state index in [4.69, 9.17) is 14.9 Å². The van der Waals surface area contributed by atoms with Crippen molar-refractivity contribution < 1.29 is 29.6 Å². The number of carbonyl (C=O) groups is 2. The predicted octanol–water partition coefficient (Wildman–Crippen LogP) is 0.523. The fraction of sp³-hybridized carbons (Fsp3) is 0.385. The summed E-state index contributed by atoms with van der Waals surface area (Å²) in [6.07, 6.45) is -1.34. The first-order chi connectivity index (χ1) is 8.90. The maximum atomic E-state index is 11.2. The molecule has 0 fully saturated rings. The van der Waals surface area contributed by atoms with E-state index < -0.39 is 17.9 Å². The molecule has 1 rings (SSSR count). The molecule has 0 saturated heterocycles. The summed E-state index contributed by atoms with van der Waals surface area (Å²) in [6, 6.07) is 4.30. The highest BCUT2D eigenvalue weighted by molar-refractivity contribution is 5.85. The van der Waals surface area contributed by atoms with E-state index in [9.17, 15) is 14.7 Å². The smallest absolute Gasteiger partial charge is 0.308 e. The molecule has 0 radical (unpaired) electrons. The molecule has 1 aromatic rings. The van der Waals surface area contributed by atoms with Crippen LogP contribution in [0.4, 0.5) is 0 Å². The number of aliphatic hydroxyl groups is 1. The minimum absolute atomic E-state index is 0.0632. The molecule has 0 aromatic heterocycles. The van der Waals surface area contributed by atoms with Gasteiger partial charge in [-0.1, -0.05) is 6.07 Å². The summed E-state index contributed by atoms with van der Waals surface area (Å²) in [5, 5.41) is 27.5. The van der Waals surface area contributed by atoms with Gasteiger partial charge in [-0.25, -0.2) is 0 Å². The lowest BCUT2D eigenvalue weighted by atomic mass is 10.1. The molecule has 0 aliphatic carbocycles. The standard InChI is InChI=1S/C13H16O6/c1-8(14)11(16)7-13(18)19-5-4-9-2-3-10(15)12(17)6-9/h2-3,6,11,15-17H,4-5,7H2,1H3/t11-/m1/s1. The lowest BCUT2D eigenvalue weighted by Gasteiger charge is -2.08. The minimum Gasteiger partial charge on any atom is -0.504 e. The molecule has 0 aliphatic heterocycles. The van der Waals surface area contributed by atoms with Crippen LogP contribution in [0, 0.1) is 0 Å². The summed E-state index contributed by atoms with van der Waals surface area (Å²) in [5.74, 6) is -1.60. The van der Waals surface area contributed by atoms with Crippen molar-refractivity contribution in [2.75, 3.05) is 6.61 Å². The molecule has 0 bridgehead atoms. The minimum atomic E-state index is -1.33. The van der Waals surface area contributed by atoms with Gasteiger partial charge in [0.15, 0.2) is 17.3 Å². The van der Waals surface area contributed by atoms with Crippen LogP contribution in [-0.2, 0) is 20.7 Å². The van der Waals surface area contributed by atoms with Crippen molar-refractivity contribution >= 4 is 11.8 Å². The van der Waals surface area contributed by atoms with E-state index in [1.165, 1.54) is 19.1 Å². The maximum Gasteiger partial charge on any atom is 0.308 e. The Morgan fingerprint density at radius 1 is 1.26 bits per heavy atom. The first kappa shape index (κ1) is 15.0. The van der Waals surface area contributed by atoms with Gasteiger partial charge in [-0.2, -0.15) is 0 Å². The van der Waals surface area contributed by atoms with Crippen LogP contribution in [0.3, 0.4) is 0 Å². The molecule has 0 heterocycles. The zero-order chi connectivity index (χ0) is 14.4. The van der Waals surface area contributed by atoms with Crippen molar-refractivity contribution in [2.24, 2.45) is 0 Å². The van der Waals surface area contributed by atoms with Gasteiger partial charge in [0.1, 0.15) is 6.10 Å². The summed E-state index contributed by atoms with van der Waals surface area (Å²) in [7, 11) is 0. The summed E-state index contributed by atoms with van der Waals surface area (Å²) < 4.78 is 4.84. The molecule has 0 aliphatic rings. The zero-order valence-corrected chi connectivity index (χ0v) is 10.5. The number of ketones is 1. The topological polar surface area (TPSA) is 104 Å². The molecule has 0 amide bonds. The second kappa shape index (κ2) is 6.75. The van der Waals surface area contributed by atoms with Crippen molar-refractivity contribution in [3.05, 3.63) is 23.8 Å². The lowest BCUT2D eigenvalue weighted by molar-refractivity contribution is -0.148. The molecule has 1 aromatic carbocycles. The van der Waals surface area contributed by atoms with Crippen molar-refractivity contribution in [2.45, 2.75) is 25.9 Å². The number of hydrogen-bond acceptors (Lipinski definition) is 6. The number of rotatable bonds is 6. The molecule has 6 nitrogen and oxygen atoms in total. The van der Waals surface area contributed by atoms with E-state index in [2.05, 4.69) is 0 Å². The quantitative estimate of drug-likeness (QED) is 0.513. The van der Waals surface area contributed by atoms with E-state index >= 15 is 0 Å². The fourth-order valence-corrected chi connectivity index (χ4v) is 1.37. The van der Waals surface area contributed by atoms with Crippen LogP contribution < -0.4 is 0 Å². The highest BCUT2D eigenvalue weighted by Crippen LogP contribution is 2.24. The Hall–Kier alpha value is -2.08. The Kier molecular flexibility index (Phi) is 5.32. The third-order valence-electron chi connectivity index (χ3n) is 2.52. The summed E-state index contributed by atoms with van der Waals surface area (Å²) in [6.45, 7) is 1.25. The molecule has 104 valence electrons. The lowest BCUT2D eigenvalue weighted by Crippen LogP contribution is -2.22. The van der Waals surface area contributed by atoms with Crippen LogP contribution in [0.1, 0.15) is 18.9 Å². The third-order valence-corrected chi connectivity index (χ3v) is 2.52. The Labute approximate surface area is 110 Å². The first-order valence-electron chi connectivity index (χ1n) is 5.75. The van der Waals surface area contributed by atoms with E-state index in [-0.39, 0.29) is 24.5 Å². The number of hydrogen-bond donors (Lipinski definition) is 3. The Morgan fingerprint density at radius 2 is 1.95 bits per heavy atom. The van der Waals surface area contributed by atoms with Crippen LogP contribution in [0.25, 0.3) is 0 Å². The van der Waals surface area contributed by atoms with Gasteiger partial charge in [0.25, 0.3) is 0 Å². The number of Topliss-reactive ketones (excluding diaryl/α,β-unsaturated/α-hetero) is 1. The molecular formula is C13H16O6. The molecule has 19 heavy (non-hydrogen) atoms. The van der Waals surface area contributed by atoms with Crippen molar-refractivity contribution in [3.63, 3.8) is 0 Å². The van der Waals surface area contributed by atoms with Crippen LogP contribution in [0.15, 0.2) is 18.2 Å². The fourth-order valence-electron chi connectivity index (χ4n) is 1.37. The number of ether oxygens (including phenoxy) is 1. The van der Waals surface area contributed by atoms with Gasteiger partial charge in [0.05, 0.1) is 13.0 Å². The normalized spacial score (nSPS) is 11.9. The molecular weight excluding hydrogens is 252 g/mol. The average molecular weight is 268 g/mol. The second-order valence-corrected chi connectivity index (χ2v) is 4.12. The zero-order valence-electron chi connectivity index (χ0n) is 10.5. The number of aliphatic hydroxyl groups excluding tert-OH is 1. The molecule has 3 N–H and O–H groups in total. The van der Waals surface area contributed by atoms with Gasteiger partial charge < -0.3 is 20.1 Å². The van der Waals surface area contributed by atoms with Gasteiger partial charge in [-0.15, -0.1) is 0 Å². The van der Waals surface area contributed by atoms with E-state index in [1.807, 2.05) is 0 Å². The number of phenols is 2. The van der Waals surface area contributed by atoms with Gasteiger partial charge in [0, 0.05) is 6.42 Å². The van der Waals surface area contributed by atoms with Crippen LogP contribution in [0.5, 0.6) is 11.5 Å². The van der Waals surface area contributed by atoms with Crippen LogP contribution in [0.2, 0.25) is 0 Å². The van der Waals surface area contributed by atoms with Gasteiger partial charge >= 0.3 is 5.97 Å². The Balaban J connectivity index is 2.35. The number of phenolic OH excluding ortho intramolecular Hbond substituents is 2. The molecule has 0 unspecified atom stereocenters. The maximum absolute atomic E-state index is 11.2. The third kappa shape index (κ3) is 4.97. The summed E-state index contributed by atoms with van der Waals surface area (Å²) >= 11 is 0. The van der Waals surface area contributed by atoms with Crippen LogP contribution in [-0.4, -0.2) is 39.8 Å². The molecule has 1 atom stereocenters. The largest absolute Gasteiger partial charge is 0.504 e. The predicted molar refractivity (Wildman–Crippen MR) is 65.7 cm³/mol. The number of esters is 1. The SMILES string of the molecule is CC(=O)[C@H](O)CC(=O)OCCc1ccc(O)c(O)c1. The Morgan fingerprint density at radius 3 is 2.53 bits per heavy atom.